The normalized spacial score (nSPS) is 11.3. The van der Waals surface area contributed by atoms with Gasteiger partial charge in [-0.3, -0.25) is 9.59 Å². The Labute approximate surface area is 306 Å². The molecule has 0 bridgehead atoms. The molecule has 0 rings (SSSR count). The predicted molar refractivity (Wildman–Crippen MR) is 210 cm³/mol. The molecule has 5 nitrogen and oxygen atoms in total. The molecule has 0 fully saturated rings. The molecule has 0 amide bonds. The first-order valence-corrected chi connectivity index (χ1v) is 22.1. The molecule has 0 heterocycles. The second kappa shape index (κ2) is 43.1. The van der Waals surface area contributed by atoms with Crippen LogP contribution in [-0.4, -0.2) is 38.4 Å². The molecule has 5 heteroatoms. The summed E-state index contributed by atoms with van der Waals surface area (Å²) in [4.78, 5) is 23.9. The lowest BCUT2D eigenvalue weighted by Crippen LogP contribution is -2.14. The zero-order chi connectivity index (χ0) is 35.6. The van der Waals surface area contributed by atoms with E-state index in [9.17, 15) is 9.59 Å². The van der Waals surface area contributed by atoms with E-state index in [1.807, 2.05) is 0 Å². The van der Waals surface area contributed by atoms with Gasteiger partial charge < -0.3 is 14.2 Å². The predicted octanol–water partition coefficient (Wildman–Crippen LogP) is 14.2. The fraction of sp³-hybridized carbons (Fsp3) is 0.955. The number of esters is 2. The van der Waals surface area contributed by atoms with Crippen LogP contribution in [0.2, 0.25) is 0 Å². The number of hydrogen-bond acceptors (Lipinski definition) is 5. The van der Waals surface area contributed by atoms with E-state index in [1.54, 1.807) is 0 Å². The molecule has 0 aromatic heterocycles. The summed E-state index contributed by atoms with van der Waals surface area (Å²) in [5.41, 5.74) is 0. The summed E-state index contributed by atoms with van der Waals surface area (Å²) in [6.07, 6.45) is 46.4. The quantitative estimate of drug-likeness (QED) is 0.0470. The van der Waals surface area contributed by atoms with Crippen LogP contribution in [0.15, 0.2) is 0 Å². The molecule has 0 saturated heterocycles. The van der Waals surface area contributed by atoms with Gasteiger partial charge in [-0.05, 0) is 12.8 Å². The lowest BCUT2D eigenvalue weighted by molar-refractivity contribution is -0.146. The van der Waals surface area contributed by atoms with E-state index >= 15 is 0 Å². The van der Waals surface area contributed by atoms with Crippen molar-refractivity contribution >= 4 is 11.9 Å². The number of unbranched alkanes of at least 4 members (excludes halogenated alkanes) is 32. The van der Waals surface area contributed by atoms with Crippen LogP contribution in [0.1, 0.15) is 245 Å². The average Bonchev–Trinajstić information content (AvgIpc) is 3.10. The third kappa shape index (κ3) is 43.0. The van der Waals surface area contributed by atoms with Gasteiger partial charge in [0.15, 0.2) is 0 Å². The Morgan fingerprint density at radius 3 is 0.714 bits per heavy atom. The van der Waals surface area contributed by atoms with Crippen molar-refractivity contribution in [2.24, 2.45) is 0 Å². The summed E-state index contributed by atoms with van der Waals surface area (Å²) < 4.78 is 16.0. The monoisotopic (exact) mass is 695 g/mol. The van der Waals surface area contributed by atoms with Crippen molar-refractivity contribution in [2.75, 3.05) is 26.4 Å². The third-order valence-corrected chi connectivity index (χ3v) is 9.95. The van der Waals surface area contributed by atoms with E-state index < -0.39 is 0 Å². The highest BCUT2D eigenvalue weighted by atomic mass is 16.6. The molecule has 49 heavy (non-hydrogen) atoms. The topological polar surface area (TPSA) is 61.8 Å². The maximum Gasteiger partial charge on any atom is 0.305 e. The molecule has 0 unspecified atom stereocenters. The molecule has 0 N–H and O–H groups in total. The summed E-state index contributed by atoms with van der Waals surface area (Å²) in [5, 5.41) is 0. The average molecular weight is 695 g/mol. The van der Waals surface area contributed by atoms with E-state index in [-0.39, 0.29) is 25.2 Å². The Kier molecular flexibility index (Phi) is 42.1. The number of carbonyl (C=O) groups excluding carboxylic acids is 2. The summed E-state index contributed by atoms with van der Waals surface area (Å²) in [6, 6.07) is 0. The maximum absolute atomic E-state index is 11.9. The van der Waals surface area contributed by atoms with Crippen LogP contribution < -0.4 is 0 Å². The lowest BCUT2D eigenvalue weighted by atomic mass is 10.0. The first-order chi connectivity index (χ1) is 24.2. The molecule has 0 atom stereocenters. The number of hydrogen-bond donors (Lipinski definition) is 0. The molecule has 0 aromatic carbocycles. The van der Waals surface area contributed by atoms with Crippen molar-refractivity contribution < 1.29 is 23.8 Å². The lowest BCUT2D eigenvalue weighted by Gasteiger charge is -2.07. The highest BCUT2D eigenvalue weighted by Crippen LogP contribution is 2.16. The van der Waals surface area contributed by atoms with Gasteiger partial charge in [-0.15, -0.1) is 0 Å². The van der Waals surface area contributed by atoms with Crippen molar-refractivity contribution in [1.82, 2.24) is 0 Å². The molecule has 0 aliphatic rings. The maximum atomic E-state index is 11.9. The zero-order valence-corrected chi connectivity index (χ0v) is 33.3. The Morgan fingerprint density at radius 2 is 0.490 bits per heavy atom. The molecule has 292 valence electrons. The minimum Gasteiger partial charge on any atom is -0.463 e. The van der Waals surface area contributed by atoms with Gasteiger partial charge in [0, 0.05) is 12.8 Å². The smallest absolute Gasteiger partial charge is 0.305 e. The Morgan fingerprint density at radius 1 is 0.286 bits per heavy atom. The van der Waals surface area contributed by atoms with E-state index in [1.165, 1.54) is 193 Å². The zero-order valence-electron chi connectivity index (χ0n) is 33.3. The molecule has 0 saturated carbocycles. The number of carbonyl (C=O) groups is 2. The van der Waals surface area contributed by atoms with Crippen molar-refractivity contribution in [2.45, 2.75) is 245 Å². The van der Waals surface area contributed by atoms with Crippen LogP contribution in [0.3, 0.4) is 0 Å². The standard InChI is InChI=1S/C44H86O5/c1-3-5-7-9-11-13-15-17-19-21-23-25-27-29-31-33-35-37-43(45)48-41-39-47-40-42-49-44(46)38-36-34-32-30-28-26-24-22-20-18-16-14-12-10-8-6-4-2/h3-42H2,1-2H3. The summed E-state index contributed by atoms with van der Waals surface area (Å²) >= 11 is 0. The highest BCUT2D eigenvalue weighted by molar-refractivity contribution is 5.69. The van der Waals surface area contributed by atoms with Crippen LogP contribution >= 0.6 is 0 Å². The summed E-state index contributed by atoms with van der Waals surface area (Å²) in [7, 11) is 0. The van der Waals surface area contributed by atoms with Crippen LogP contribution in [0.4, 0.5) is 0 Å². The van der Waals surface area contributed by atoms with E-state index in [0.717, 1.165) is 25.7 Å². The van der Waals surface area contributed by atoms with Crippen LogP contribution in [-0.2, 0) is 23.8 Å². The SMILES string of the molecule is CCCCCCCCCCCCCCCCCCCC(=O)OCCOCCOC(=O)CCCCCCCCCCCCCCCCCCC. The molecule has 0 radical (unpaired) electrons. The minimum atomic E-state index is -0.134. The molecule has 0 aliphatic carbocycles. The van der Waals surface area contributed by atoms with E-state index in [4.69, 9.17) is 14.2 Å². The molecule has 0 spiro atoms. The Hall–Kier alpha value is -1.10. The number of rotatable bonds is 42. The van der Waals surface area contributed by atoms with Gasteiger partial charge >= 0.3 is 11.9 Å². The van der Waals surface area contributed by atoms with Crippen LogP contribution in [0.25, 0.3) is 0 Å². The van der Waals surface area contributed by atoms with Gasteiger partial charge in [0.1, 0.15) is 13.2 Å². The van der Waals surface area contributed by atoms with Crippen LogP contribution in [0.5, 0.6) is 0 Å². The fourth-order valence-electron chi connectivity index (χ4n) is 6.66. The first-order valence-electron chi connectivity index (χ1n) is 22.1. The van der Waals surface area contributed by atoms with Gasteiger partial charge in [-0.2, -0.15) is 0 Å². The molecular formula is C44H86O5. The number of ether oxygens (including phenoxy) is 3. The van der Waals surface area contributed by atoms with Crippen molar-refractivity contribution in [1.29, 1.82) is 0 Å². The summed E-state index contributed by atoms with van der Waals surface area (Å²) in [6.45, 7) is 5.80. The van der Waals surface area contributed by atoms with Crippen LogP contribution in [0, 0.1) is 0 Å². The van der Waals surface area contributed by atoms with Gasteiger partial charge in [0.05, 0.1) is 13.2 Å². The first kappa shape index (κ1) is 47.9. The van der Waals surface area contributed by atoms with E-state index in [0.29, 0.717) is 26.1 Å². The van der Waals surface area contributed by atoms with Gasteiger partial charge in [-0.25, -0.2) is 0 Å². The molecule has 0 aliphatic heterocycles. The second-order valence-corrected chi connectivity index (χ2v) is 14.9. The molecular weight excluding hydrogens is 608 g/mol. The van der Waals surface area contributed by atoms with E-state index in [2.05, 4.69) is 13.8 Å². The summed E-state index contributed by atoms with van der Waals surface area (Å²) in [5.74, 6) is -0.268. The largest absolute Gasteiger partial charge is 0.463 e. The van der Waals surface area contributed by atoms with Gasteiger partial charge in [-0.1, -0.05) is 219 Å². The van der Waals surface area contributed by atoms with Crippen molar-refractivity contribution in [3.05, 3.63) is 0 Å². The second-order valence-electron chi connectivity index (χ2n) is 14.9. The van der Waals surface area contributed by atoms with Crippen molar-refractivity contribution in [3.8, 4) is 0 Å². The van der Waals surface area contributed by atoms with Gasteiger partial charge in [0.2, 0.25) is 0 Å². The minimum absolute atomic E-state index is 0.134. The Bertz CT molecular complexity index is 597. The van der Waals surface area contributed by atoms with Gasteiger partial charge in [0.25, 0.3) is 0 Å². The van der Waals surface area contributed by atoms with Crippen molar-refractivity contribution in [3.63, 3.8) is 0 Å². The molecule has 0 aromatic rings. The highest BCUT2D eigenvalue weighted by Gasteiger charge is 2.05. The Balaban J connectivity index is 3.24. The fourth-order valence-corrected chi connectivity index (χ4v) is 6.66. The third-order valence-electron chi connectivity index (χ3n) is 9.95.